The summed E-state index contributed by atoms with van der Waals surface area (Å²) in [4.78, 5) is 16.8. The number of amides is 1. The summed E-state index contributed by atoms with van der Waals surface area (Å²) in [6, 6.07) is 20.2. The molecule has 1 amide bonds. The number of halogens is 1. The van der Waals surface area contributed by atoms with Crippen LogP contribution < -0.4 is 4.90 Å². The summed E-state index contributed by atoms with van der Waals surface area (Å²) >= 11 is 0. The average Bonchev–Trinajstić information content (AvgIpc) is 2.73. The van der Waals surface area contributed by atoms with Crippen LogP contribution in [0.2, 0.25) is 0 Å². The first-order valence-corrected chi connectivity index (χ1v) is 8.89. The Labute approximate surface area is 157 Å². The number of rotatable bonds is 2. The highest BCUT2D eigenvalue weighted by Gasteiger charge is 2.25. The molecule has 1 saturated heterocycles. The van der Waals surface area contributed by atoms with Gasteiger partial charge in [0.15, 0.2) is 0 Å². The molecule has 0 bridgehead atoms. The van der Waals surface area contributed by atoms with Gasteiger partial charge in [-0.1, -0.05) is 42.5 Å². The number of nitrogens with zero attached hydrogens (tertiary/aromatic N) is 3. The minimum absolute atomic E-state index is 0.00574. The van der Waals surface area contributed by atoms with E-state index in [-0.39, 0.29) is 11.5 Å². The lowest BCUT2D eigenvalue weighted by molar-refractivity contribution is 0.0748. The maximum atomic E-state index is 13.9. The van der Waals surface area contributed by atoms with Gasteiger partial charge in [-0.15, -0.1) is 0 Å². The van der Waals surface area contributed by atoms with E-state index in [1.54, 1.807) is 12.1 Å². The topological polar surface area (TPSA) is 47.3 Å². The molecule has 0 N–H and O–H groups in total. The molecule has 1 aliphatic rings. The van der Waals surface area contributed by atoms with Crippen molar-refractivity contribution in [2.45, 2.75) is 0 Å². The first-order chi connectivity index (χ1) is 13.2. The van der Waals surface area contributed by atoms with E-state index in [9.17, 15) is 14.4 Å². The minimum Gasteiger partial charge on any atom is -0.367 e. The molecular weight excluding hydrogens is 341 g/mol. The summed E-state index contributed by atoms with van der Waals surface area (Å²) in [5, 5.41) is 11.2. The Morgan fingerprint density at radius 2 is 1.63 bits per heavy atom. The van der Waals surface area contributed by atoms with Gasteiger partial charge in [-0.2, -0.15) is 5.26 Å². The molecule has 0 atom stereocenters. The van der Waals surface area contributed by atoms with E-state index in [2.05, 4.69) is 0 Å². The second kappa shape index (κ2) is 7.08. The normalized spacial score (nSPS) is 14.2. The Balaban J connectivity index is 1.54. The van der Waals surface area contributed by atoms with Crippen molar-refractivity contribution in [2.75, 3.05) is 31.1 Å². The van der Waals surface area contributed by atoms with Gasteiger partial charge >= 0.3 is 0 Å². The van der Waals surface area contributed by atoms with Crippen LogP contribution in [0.4, 0.5) is 10.1 Å². The maximum Gasteiger partial charge on any atom is 0.254 e. The fourth-order valence-corrected chi connectivity index (χ4v) is 3.62. The molecule has 3 aromatic carbocycles. The van der Waals surface area contributed by atoms with Gasteiger partial charge in [0.25, 0.3) is 5.91 Å². The lowest BCUT2D eigenvalue weighted by Crippen LogP contribution is -2.49. The van der Waals surface area contributed by atoms with Crippen LogP contribution in [0.1, 0.15) is 15.9 Å². The highest BCUT2D eigenvalue weighted by atomic mass is 19.1. The first-order valence-electron chi connectivity index (χ1n) is 8.89. The van der Waals surface area contributed by atoms with Crippen molar-refractivity contribution in [3.63, 3.8) is 0 Å². The fourth-order valence-electron chi connectivity index (χ4n) is 3.62. The van der Waals surface area contributed by atoms with Gasteiger partial charge in [0.2, 0.25) is 0 Å². The summed E-state index contributed by atoms with van der Waals surface area (Å²) < 4.78 is 13.9. The van der Waals surface area contributed by atoms with E-state index < -0.39 is 5.82 Å². The molecule has 1 heterocycles. The predicted molar refractivity (Wildman–Crippen MR) is 103 cm³/mol. The van der Waals surface area contributed by atoms with Crippen LogP contribution in [0.5, 0.6) is 0 Å². The van der Waals surface area contributed by atoms with E-state index >= 15 is 0 Å². The molecule has 4 nitrogen and oxygen atoms in total. The van der Waals surface area contributed by atoms with Gasteiger partial charge < -0.3 is 9.80 Å². The number of benzene rings is 3. The molecule has 0 saturated carbocycles. The Morgan fingerprint density at radius 1 is 0.926 bits per heavy atom. The molecule has 27 heavy (non-hydrogen) atoms. The van der Waals surface area contributed by atoms with E-state index in [0.717, 1.165) is 10.8 Å². The number of carbonyl (C=O) groups is 1. The lowest BCUT2D eigenvalue weighted by Gasteiger charge is -2.36. The van der Waals surface area contributed by atoms with Crippen molar-refractivity contribution in [3.8, 4) is 6.07 Å². The van der Waals surface area contributed by atoms with Gasteiger partial charge in [0.05, 0.1) is 5.69 Å². The summed E-state index contributed by atoms with van der Waals surface area (Å²) in [6.45, 7) is 2.19. The third-order valence-corrected chi connectivity index (χ3v) is 5.03. The molecule has 0 aromatic heterocycles. The fraction of sp³-hybridized carbons (Fsp3) is 0.182. The quantitative estimate of drug-likeness (QED) is 0.699. The standard InChI is InChI=1S/C22H18FN3O/c23-20-9-4-10-21(19(20)15-24)25-11-13-26(14-12-25)22(27)18-8-3-6-16-5-1-2-7-17(16)18/h1-10H,11-14H2. The third-order valence-electron chi connectivity index (χ3n) is 5.03. The largest absolute Gasteiger partial charge is 0.367 e. The van der Waals surface area contributed by atoms with Crippen molar-refractivity contribution in [1.29, 1.82) is 5.26 Å². The van der Waals surface area contributed by atoms with Crippen molar-refractivity contribution < 1.29 is 9.18 Å². The predicted octanol–water partition coefficient (Wildman–Crippen LogP) is 3.81. The van der Waals surface area contributed by atoms with Gasteiger partial charge in [-0.3, -0.25) is 4.79 Å². The Kier molecular flexibility index (Phi) is 4.47. The van der Waals surface area contributed by atoms with Crippen LogP contribution in [0, 0.1) is 17.1 Å². The second-order valence-corrected chi connectivity index (χ2v) is 6.55. The van der Waals surface area contributed by atoms with Crippen LogP contribution in [-0.2, 0) is 0 Å². The molecule has 1 fully saturated rings. The van der Waals surface area contributed by atoms with Gasteiger partial charge in [-0.25, -0.2) is 4.39 Å². The average molecular weight is 359 g/mol. The molecule has 0 unspecified atom stereocenters. The third kappa shape index (κ3) is 3.11. The van der Waals surface area contributed by atoms with Crippen LogP contribution in [0.25, 0.3) is 10.8 Å². The Morgan fingerprint density at radius 3 is 2.41 bits per heavy atom. The first kappa shape index (κ1) is 17.0. The van der Waals surface area contributed by atoms with Crippen LogP contribution in [-0.4, -0.2) is 37.0 Å². The van der Waals surface area contributed by atoms with E-state index in [4.69, 9.17) is 0 Å². The van der Waals surface area contributed by atoms with Crippen molar-refractivity contribution in [2.24, 2.45) is 0 Å². The van der Waals surface area contributed by atoms with Gasteiger partial charge in [-0.05, 0) is 29.0 Å². The van der Waals surface area contributed by atoms with E-state index in [1.807, 2.05) is 58.3 Å². The van der Waals surface area contributed by atoms with Crippen LogP contribution >= 0.6 is 0 Å². The molecule has 1 aliphatic heterocycles. The molecule has 3 aromatic rings. The van der Waals surface area contributed by atoms with Gasteiger partial charge in [0, 0.05) is 31.7 Å². The molecule has 0 radical (unpaired) electrons. The van der Waals surface area contributed by atoms with Crippen molar-refractivity contribution in [3.05, 3.63) is 77.6 Å². The number of fused-ring (bicyclic) bond motifs is 1. The smallest absolute Gasteiger partial charge is 0.254 e. The van der Waals surface area contributed by atoms with Crippen molar-refractivity contribution >= 4 is 22.4 Å². The summed E-state index contributed by atoms with van der Waals surface area (Å²) in [7, 11) is 0. The molecule has 5 heteroatoms. The number of carbonyl (C=O) groups excluding carboxylic acids is 1. The molecule has 4 rings (SSSR count). The zero-order chi connectivity index (χ0) is 18.8. The highest BCUT2D eigenvalue weighted by molar-refractivity contribution is 6.07. The van der Waals surface area contributed by atoms with E-state index in [0.29, 0.717) is 37.4 Å². The summed E-state index contributed by atoms with van der Waals surface area (Å²) in [6.07, 6.45) is 0. The van der Waals surface area contributed by atoms with Crippen molar-refractivity contribution in [1.82, 2.24) is 4.90 Å². The molecule has 134 valence electrons. The SMILES string of the molecule is N#Cc1c(F)cccc1N1CCN(C(=O)c2cccc3ccccc23)CC1. The second-order valence-electron chi connectivity index (χ2n) is 6.55. The maximum absolute atomic E-state index is 13.9. The number of piperazine rings is 1. The van der Waals surface area contributed by atoms with Gasteiger partial charge in [0.1, 0.15) is 17.4 Å². The monoisotopic (exact) mass is 359 g/mol. The molecule has 0 aliphatic carbocycles. The van der Waals surface area contributed by atoms with E-state index in [1.165, 1.54) is 6.07 Å². The highest BCUT2D eigenvalue weighted by Crippen LogP contribution is 2.25. The Bertz CT molecular complexity index is 1040. The molecular formula is C22H18FN3O. The van der Waals surface area contributed by atoms with Crippen LogP contribution in [0.15, 0.2) is 60.7 Å². The zero-order valence-corrected chi connectivity index (χ0v) is 14.7. The lowest BCUT2D eigenvalue weighted by atomic mass is 10.0. The molecule has 0 spiro atoms. The Hall–Kier alpha value is -3.39. The zero-order valence-electron chi connectivity index (χ0n) is 14.7. The summed E-state index contributed by atoms with van der Waals surface area (Å²) in [5.74, 6) is -0.504. The number of hydrogen-bond acceptors (Lipinski definition) is 3. The van der Waals surface area contributed by atoms with Crippen LogP contribution in [0.3, 0.4) is 0 Å². The summed E-state index contributed by atoms with van der Waals surface area (Å²) in [5.41, 5.74) is 1.35. The number of nitriles is 1. The minimum atomic E-state index is -0.510. The number of anilines is 1. The number of hydrogen-bond donors (Lipinski definition) is 0.